The van der Waals surface area contributed by atoms with E-state index in [2.05, 4.69) is 11.6 Å². The summed E-state index contributed by atoms with van der Waals surface area (Å²) in [5.74, 6) is -0.112. The third kappa shape index (κ3) is 3.54. The number of fused-ring (bicyclic) bond motifs is 1. The molecule has 2 heterocycles. The third-order valence-corrected chi connectivity index (χ3v) is 5.29. The zero-order valence-electron chi connectivity index (χ0n) is 14.4. The van der Waals surface area contributed by atoms with Gasteiger partial charge in [0.05, 0.1) is 17.4 Å². The maximum absolute atomic E-state index is 13.0. The molecule has 1 N–H and O–H groups in total. The molecule has 1 aromatic carbocycles. The molecule has 0 aliphatic heterocycles. The lowest BCUT2D eigenvalue weighted by Gasteiger charge is -2.20. The van der Waals surface area contributed by atoms with Crippen molar-refractivity contribution in [2.75, 3.05) is 6.54 Å². The van der Waals surface area contributed by atoms with Crippen LogP contribution >= 0.6 is 23.6 Å². The summed E-state index contributed by atoms with van der Waals surface area (Å²) in [7, 11) is 0. The second-order valence-electron chi connectivity index (χ2n) is 5.79. The summed E-state index contributed by atoms with van der Waals surface area (Å²) >= 11 is 6.85. The van der Waals surface area contributed by atoms with Crippen LogP contribution in [0.5, 0.6) is 0 Å². The maximum Gasteiger partial charge on any atom is 0.262 e. The van der Waals surface area contributed by atoms with Gasteiger partial charge in [-0.05, 0) is 48.8 Å². The molecule has 26 heavy (non-hydrogen) atoms. The largest absolute Gasteiger partial charge is 0.332 e. The summed E-state index contributed by atoms with van der Waals surface area (Å²) in [6.07, 6.45) is 1.71. The summed E-state index contributed by atoms with van der Waals surface area (Å²) in [4.78, 5) is 31.3. The van der Waals surface area contributed by atoms with Crippen molar-refractivity contribution in [2.45, 2.75) is 20.0 Å². The van der Waals surface area contributed by atoms with Gasteiger partial charge < -0.3 is 9.88 Å². The van der Waals surface area contributed by atoms with Crippen LogP contribution in [0.15, 0.2) is 53.2 Å². The number of nitrogens with one attached hydrogen (secondary N) is 1. The number of H-pyrrole nitrogens is 1. The van der Waals surface area contributed by atoms with E-state index in [4.69, 9.17) is 12.2 Å². The van der Waals surface area contributed by atoms with Crippen LogP contribution in [0.25, 0.3) is 10.9 Å². The average molecular weight is 386 g/mol. The van der Waals surface area contributed by atoms with Crippen molar-refractivity contribution in [3.8, 4) is 0 Å². The summed E-state index contributed by atoms with van der Waals surface area (Å²) in [5, 5.41) is 2.51. The molecular weight excluding hydrogens is 366 g/mol. The van der Waals surface area contributed by atoms with Crippen LogP contribution in [0.1, 0.15) is 22.2 Å². The lowest BCUT2D eigenvalue weighted by Crippen LogP contribution is -2.30. The molecule has 2 aromatic heterocycles. The van der Waals surface area contributed by atoms with Gasteiger partial charge >= 0.3 is 0 Å². The molecule has 3 aromatic rings. The van der Waals surface area contributed by atoms with Crippen LogP contribution in [0.3, 0.4) is 0 Å². The Bertz CT molecular complexity index is 1060. The first-order valence-electron chi connectivity index (χ1n) is 8.24. The predicted octanol–water partition coefficient (Wildman–Crippen LogP) is 3.97. The normalized spacial score (nSPS) is 10.8. The number of aromatic amines is 1. The molecule has 0 atom stereocenters. The van der Waals surface area contributed by atoms with Crippen molar-refractivity contribution >= 4 is 40.4 Å². The van der Waals surface area contributed by atoms with Crippen LogP contribution < -0.4 is 5.56 Å². The van der Waals surface area contributed by atoms with Gasteiger partial charge in [0.25, 0.3) is 11.5 Å². The van der Waals surface area contributed by atoms with Crippen molar-refractivity contribution in [3.05, 3.63) is 73.9 Å². The third-order valence-electron chi connectivity index (χ3n) is 4.11. The number of hydrogen-bond acceptors (Lipinski definition) is 4. The van der Waals surface area contributed by atoms with E-state index in [9.17, 15) is 9.59 Å². The highest BCUT2D eigenvalue weighted by molar-refractivity contribution is 7.71. The smallest absolute Gasteiger partial charge is 0.262 e. The Morgan fingerprint density at radius 2 is 2.23 bits per heavy atom. The van der Waals surface area contributed by atoms with E-state index in [1.807, 2.05) is 24.4 Å². The fourth-order valence-corrected chi connectivity index (χ4v) is 3.86. The van der Waals surface area contributed by atoms with E-state index in [1.165, 1.54) is 4.57 Å². The van der Waals surface area contributed by atoms with Gasteiger partial charge in [-0.25, -0.2) is 0 Å². The molecule has 0 saturated carbocycles. The minimum absolute atomic E-state index is 0.112. The van der Waals surface area contributed by atoms with Crippen LogP contribution in [-0.2, 0) is 13.1 Å². The minimum atomic E-state index is -0.146. The van der Waals surface area contributed by atoms with Gasteiger partial charge in [-0.3, -0.25) is 14.2 Å². The number of nitrogens with zero attached hydrogens (tertiary/aromatic N) is 2. The fourth-order valence-electron chi connectivity index (χ4n) is 2.82. The zero-order valence-corrected chi connectivity index (χ0v) is 16.0. The van der Waals surface area contributed by atoms with Gasteiger partial charge in [-0.2, -0.15) is 0 Å². The van der Waals surface area contributed by atoms with Gasteiger partial charge in [0.2, 0.25) is 0 Å². The number of carbonyl (C=O) groups is 1. The first-order chi connectivity index (χ1) is 12.5. The Morgan fingerprint density at radius 3 is 2.88 bits per heavy atom. The number of rotatable bonds is 6. The molecule has 0 fully saturated rings. The Labute approximate surface area is 160 Å². The molecule has 0 saturated heterocycles. The molecule has 0 aliphatic carbocycles. The highest BCUT2D eigenvalue weighted by Crippen LogP contribution is 2.17. The average Bonchev–Trinajstić information content (AvgIpc) is 3.14. The molecule has 0 bridgehead atoms. The summed E-state index contributed by atoms with van der Waals surface area (Å²) < 4.78 is 1.86. The van der Waals surface area contributed by atoms with Crippen LogP contribution in [0, 0.1) is 4.77 Å². The Kier molecular flexibility index (Phi) is 5.49. The van der Waals surface area contributed by atoms with Gasteiger partial charge in [0.1, 0.15) is 0 Å². The summed E-state index contributed by atoms with van der Waals surface area (Å²) in [5.41, 5.74) is 0.937. The van der Waals surface area contributed by atoms with E-state index in [0.717, 1.165) is 4.88 Å². The van der Waals surface area contributed by atoms with Crippen LogP contribution in [0.2, 0.25) is 0 Å². The van der Waals surface area contributed by atoms with E-state index in [-0.39, 0.29) is 11.5 Å². The molecule has 0 radical (unpaired) electrons. The highest BCUT2D eigenvalue weighted by atomic mass is 32.1. The minimum Gasteiger partial charge on any atom is -0.332 e. The SMILES string of the molecule is C=CCN(Cc1cccs1)C(=O)c1ccc2c(=O)n(CC)c(=S)[nH]c2c1. The number of amides is 1. The molecule has 0 aliphatic rings. The number of carbonyl (C=O) groups excluding carboxylic acids is 1. The number of thiophene rings is 1. The standard InChI is InChI=1S/C19H19N3O2S2/c1-3-9-21(12-14-6-5-10-26-14)17(23)13-7-8-15-16(11-13)20-19(25)22(4-2)18(15)24/h3,5-8,10-11H,1,4,9,12H2,2H3,(H,20,25). The van der Waals surface area contributed by atoms with E-state index in [0.29, 0.717) is 40.9 Å². The van der Waals surface area contributed by atoms with Crippen molar-refractivity contribution in [1.82, 2.24) is 14.5 Å². The molecule has 0 unspecified atom stereocenters. The van der Waals surface area contributed by atoms with Crippen molar-refractivity contribution < 1.29 is 4.79 Å². The fraction of sp³-hybridized carbons (Fsp3) is 0.211. The van der Waals surface area contributed by atoms with Gasteiger partial charge in [-0.15, -0.1) is 17.9 Å². The second kappa shape index (κ2) is 7.80. The predicted molar refractivity (Wildman–Crippen MR) is 108 cm³/mol. The lowest BCUT2D eigenvalue weighted by molar-refractivity contribution is 0.0764. The van der Waals surface area contributed by atoms with Crippen molar-refractivity contribution in [2.24, 2.45) is 0 Å². The molecule has 134 valence electrons. The first kappa shape index (κ1) is 18.3. The van der Waals surface area contributed by atoms with Crippen LogP contribution in [-0.4, -0.2) is 26.9 Å². The Balaban J connectivity index is 2.00. The first-order valence-corrected chi connectivity index (χ1v) is 9.53. The Morgan fingerprint density at radius 1 is 1.42 bits per heavy atom. The van der Waals surface area contributed by atoms with Gasteiger partial charge in [0.15, 0.2) is 4.77 Å². The molecule has 0 spiro atoms. The van der Waals surface area contributed by atoms with E-state index >= 15 is 0 Å². The summed E-state index contributed by atoms with van der Waals surface area (Å²) in [6, 6.07) is 9.02. The number of aromatic nitrogens is 2. The zero-order chi connectivity index (χ0) is 18.7. The molecule has 1 amide bonds. The monoisotopic (exact) mass is 385 g/mol. The quantitative estimate of drug-likeness (QED) is 0.516. The van der Waals surface area contributed by atoms with E-state index < -0.39 is 0 Å². The molecular formula is C19H19N3O2S2. The highest BCUT2D eigenvalue weighted by Gasteiger charge is 2.17. The Hall–Kier alpha value is -2.51. The maximum atomic E-state index is 13.0. The summed E-state index contributed by atoms with van der Waals surface area (Å²) in [6.45, 7) is 7.08. The molecule has 7 heteroatoms. The second-order valence-corrected chi connectivity index (χ2v) is 7.21. The van der Waals surface area contributed by atoms with Gasteiger partial charge in [-0.1, -0.05) is 12.1 Å². The lowest BCUT2D eigenvalue weighted by atomic mass is 10.1. The van der Waals surface area contributed by atoms with Gasteiger partial charge in [0, 0.05) is 23.5 Å². The van der Waals surface area contributed by atoms with Crippen molar-refractivity contribution in [1.29, 1.82) is 0 Å². The molecule has 3 rings (SSSR count). The topological polar surface area (TPSA) is 58.1 Å². The number of benzene rings is 1. The van der Waals surface area contributed by atoms with E-state index in [1.54, 1.807) is 40.5 Å². The van der Waals surface area contributed by atoms with Crippen LogP contribution in [0.4, 0.5) is 0 Å². The number of hydrogen-bond donors (Lipinski definition) is 1. The molecule has 5 nitrogen and oxygen atoms in total. The van der Waals surface area contributed by atoms with Crippen molar-refractivity contribution in [3.63, 3.8) is 0 Å².